The molecule has 1 aliphatic heterocycles. The van der Waals surface area contributed by atoms with Crippen molar-refractivity contribution in [1.82, 2.24) is 5.32 Å². The average molecular weight is 410 g/mol. The van der Waals surface area contributed by atoms with E-state index < -0.39 is 42.6 Å². The molecule has 7 nitrogen and oxygen atoms in total. The van der Waals surface area contributed by atoms with E-state index >= 15 is 0 Å². The van der Waals surface area contributed by atoms with Crippen molar-refractivity contribution >= 4 is 23.2 Å². The summed E-state index contributed by atoms with van der Waals surface area (Å²) < 4.78 is 69.9. The number of alkyl halides is 5. The molecular weight excluding hydrogens is 391 g/mol. The molecule has 0 bridgehead atoms. The van der Waals surface area contributed by atoms with Crippen LogP contribution in [-0.4, -0.2) is 57.1 Å². The van der Waals surface area contributed by atoms with Crippen LogP contribution in [0.5, 0.6) is 0 Å². The Bertz CT molecular complexity index is 714. The number of nitrogens with two attached hydrogens (primary N) is 1. The van der Waals surface area contributed by atoms with Crippen LogP contribution < -0.4 is 21.3 Å². The Labute approximate surface area is 157 Å². The summed E-state index contributed by atoms with van der Waals surface area (Å²) in [7, 11) is 0. The number of carbonyl (C=O) groups is 2. The predicted octanol–water partition coefficient (Wildman–Crippen LogP) is 1.19. The predicted molar refractivity (Wildman–Crippen MR) is 90.1 cm³/mol. The van der Waals surface area contributed by atoms with Gasteiger partial charge < -0.3 is 20.7 Å². The summed E-state index contributed by atoms with van der Waals surface area (Å²) in [6, 6.07) is 1.72. The van der Waals surface area contributed by atoms with Crippen LogP contribution >= 0.6 is 0 Å². The molecule has 2 rings (SSSR count). The fourth-order valence-electron chi connectivity index (χ4n) is 2.59. The van der Waals surface area contributed by atoms with Gasteiger partial charge in [0.2, 0.25) is 5.91 Å². The quantitative estimate of drug-likeness (QED) is 0.587. The number of ether oxygens (including phenoxy) is 1. The normalized spacial score (nSPS) is 16.4. The van der Waals surface area contributed by atoms with Crippen LogP contribution in [0, 0.1) is 0 Å². The smallest absolute Gasteiger partial charge is 0.370 e. The van der Waals surface area contributed by atoms with Crippen molar-refractivity contribution < 1.29 is 36.3 Å². The molecule has 1 aromatic carbocycles. The number of morpholine rings is 1. The van der Waals surface area contributed by atoms with E-state index in [0.717, 1.165) is 11.0 Å². The maximum absolute atomic E-state index is 13.5. The van der Waals surface area contributed by atoms with Gasteiger partial charge in [-0.1, -0.05) is 0 Å². The lowest BCUT2D eigenvalue weighted by Crippen LogP contribution is -2.47. The van der Waals surface area contributed by atoms with Gasteiger partial charge in [0.1, 0.15) is 6.61 Å². The molecule has 0 spiro atoms. The Balaban J connectivity index is 2.24. The van der Waals surface area contributed by atoms with Crippen LogP contribution in [0.2, 0.25) is 0 Å². The molecule has 2 amide bonds. The van der Waals surface area contributed by atoms with Crippen molar-refractivity contribution in [2.75, 3.05) is 43.1 Å². The number of rotatable bonds is 7. The van der Waals surface area contributed by atoms with Gasteiger partial charge in [0.15, 0.2) is 0 Å². The maximum Gasteiger partial charge on any atom is 0.418 e. The molecule has 4 N–H and O–H groups in total. The Morgan fingerprint density at radius 3 is 2.61 bits per heavy atom. The third-order valence-corrected chi connectivity index (χ3v) is 3.92. The number of halogens is 5. The molecule has 0 unspecified atom stereocenters. The minimum absolute atomic E-state index is 0.0413. The topological polar surface area (TPSA) is 96.7 Å². The van der Waals surface area contributed by atoms with Gasteiger partial charge in [-0.05, 0) is 18.2 Å². The van der Waals surface area contributed by atoms with E-state index in [0.29, 0.717) is 6.07 Å². The molecule has 0 aromatic heterocycles. The Kier molecular flexibility index (Phi) is 7.27. The summed E-state index contributed by atoms with van der Waals surface area (Å²) in [5.41, 5.74) is 3.66. The largest absolute Gasteiger partial charge is 0.418 e. The van der Waals surface area contributed by atoms with E-state index in [2.05, 4.69) is 10.6 Å². The second kappa shape index (κ2) is 9.26. The zero-order valence-electron chi connectivity index (χ0n) is 14.6. The monoisotopic (exact) mass is 410 g/mol. The van der Waals surface area contributed by atoms with Gasteiger partial charge in [0, 0.05) is 18.8 Å². The number of amides is 2. The molecule has 0 saturated carbocycles. The van der Waals surface area contributed by atoms with Crippen molar-refractivity contribution in [3.8, 4) is 0 Å². The summed E-state index contributed by atoms with van der Waals surface area (Å²) in [5, 5.41) is 4.44. The van der Waals surface area contributed by atoms with Gasteiger partial charge in [0.05, 0.1) is 30.4 Å². The molecule has 28 heavy (non-hydrogen) atoms. The number of benzene rings is 1. The molecule has 12 heteroatoms. The molecule has 156 valence electrons. The van der Waals surface area contributed by atoms with Crippen LogP contribution in [0.3, 0.4) is 0 Å². The number of nitrogens with zero attached hydrogens (tertiary/aromatic N) is 1. The van der Waals surface area contributed by atoms with Gasteiger partial charge in [-0.3, -0.25) is 14.9 Å². The zero-order valence-corrected chi connectivity index (χ0v) is 14.6. The lowest BCUT2D eigenvalue weighted by Gasteiger charge is -2.29. The molecule has 1 saturated heterocycles. The molecule has 1 atom stereocenters. The minimum atomic E-state index is -4.80. The van der Waals surface area contributed by atoms with Crippen molar-refractivity contribution in [3.63, 3.8) is 0 Å². The number of hydrogen-bond acceptors (Lipinski definition) is 5. The van der Waals surface area contributed by atoms with Gasteiger partial charge in [-0.15, -0.1) is 0 Å². The summed E-state index contributed by atoms with van der Waals surface area (Å²) in [5.74, 6) is -1.47. The molecule has 0 radical (unpaired) electrons. The standard InChI is InChI=1S/C16H19F5N4O3/c17-13(18)7-23-11(6-22)15(27)24-9-1-2-12(10(5-9)16(19,20)21)25-3-4-28-8-14(25)26/h1-2,5,11,13,23H,3-4,6-8,22H2,(H,24,27)/t11-/m0/s1. The van der Waals surface area contributed by atoms with E-state index in [1.807, 2.05) is 0 Å². The van der Waals surface area contributed by atoms with Crippen molar-refractivity contribution in [1.29, 1.82) is 0 Å². The fraction of sp³-hybridized carbons (Fsp3) is 0.500. The Morgan fingerprint density at radius 2 is 2.04 bits per heavy atom. The van der Waals surface area contributed by atoms with Gasteiger partial charge in [-0.2, -0.15) is 13.2 Å². The summed E-state index contributed by atoms with van der Waals surface area (Å²) in [6.45, 7) is -1.40. The molecule has 1 aromatic rings. The minimum Gasteiger partial charge on any atom is -0.370 e. The number of anilines is 2. The number of nitrogens with one attached hydrogen (secondary N) is 2. The van der Waals surface area contributed by atoms with Crippen LogP contribution in [0.1, 0.15) is 5.56 Å². The first kappa shape index (κ1) is 22.0. The third kappa shape index (κ3) is 5.59. The third-order valence-electron chi connectivity index (χ3n) is 3.92. The van der Waals surface area contributed by atoms with E-state index in [1.165, 1.54) is 6.07 Å². The summed E-state index contributed by atoms with van der Waals surface area (Å²) in [6.07, 6.45) is -7.51. The number of carbonyl (C=O) groups excluding carboxylic acids is 2. The highest BCUT2D eigenvalue weighted by Gasteiger charge is 2.37. The van der Waals surface area contributed by atoms with Crippen molar-refractivity contribution in [3.05, 3.63) is 23.8 Å². The lowest BCUT2D eigenvalue weighted by atomic mass is 10.1. The van der Waals surface area contributed by atoms with E-state index in [9.17, 15) is 31.5 Å². The fourth-order valence-corrected chi connectivity index (χ4v) is 2.59. The highest BCUT2D eigenvalue weighted by molar-refractivity contribution is 5.98. The summed E-state index contributed by atoms with van der Waals surface area (Å²) in [4.78, 5) is 24.9. The first-order valence-electron chi connectivity index (χ1n) is 8.25. The van der Waals surface area contributed by atoms with Crippen LogP contribution in [0.25, 0.3) is 0 Å². The average Bonchev–Trinajstić information content (AvgIpc) is 2.62. The van der Waals surface area contributed by atoms with Gasteiger partial charge in [0.25, 0.3) is 12.3 Å². The van der Waals surface area contributed by atoms with Gasteiger partial charge >= 0.3 is 6.18 Å². The van der Waals surface area contributed by atoms with Crippen LogP contribution in [0.15, 0.2) is 18.2 Å². The second-order valence-corrected chi connectivity index (χ2v) is 5.90. The molecular formula is C16H19F5N4O3. The molecule has 1 fully saturated rings. The van der Waals surface area contributed by atoms with E-state index in [4.69, 9.17) is 10.5 Å². The van der Waals surface area contributed by atoms with E-state index in [1.54, 1.807) is 0 Å². The Morgan fingerprint density at radius 1 is 1.32 bits per heavy atom. The second-order valence-electron chi connectivity index (χ2n) is 5.90. The highest BCUT2D eigenvalue weighted by atomic mass is 19.4. The summed E-state index contributed by atoms with van der Waals surface area (Å²) >= 11 is 0. The number of hydrogen-bond donors (Lipinski definition) is 3. The SMILES string of the molecule is NC[C@H](NCC(F)F)C(=O)Nc1ccc(N2CCOCC2=O)c(C(F)(F)F)c1. The van der Waals surface area contributed by atoms with Gasteiger partial charge in [-0.25, -0.2) is 8.78 Å². The van der Waals surface area contributed by atoms with Crippen molar-refractivity contribution in [2.45, 2.75) is 18.6 Å². The first-order valence-corrected chi connectivity index (χ1v) is 8.25. The maximum atomic E-state index is 13.5. The van der Waals surface area contributed by atoms with E-state index in [-0.39, 0.29) is 37.7 Å². The Hall–Kier alpha value is -2.31. The molecule has 1 aliphatic rings. The van der Waals surface area contributed by atoms with Crippen molar-refractivity contribution in [2.24, 2.45) is 5.73 Å². The first-order chi connectivity index (χ1) is 13.1. The lowest BCUT2D eigenvalue weighted by molar-refractivity contribution is -0.137. The molecule has 1 heterocycles. The van der Waals surface area contributed by atoms with Crippen LogP contribution in [0.4, 0.5) is 33.3 Å². The molecule has 0 aliphatic carbocycles. The highest BCUT2D eigenvalue weighted by Crippen LogP contribution is 2.38. The zero-order chi connectivity index (χ0) is 20.9. The van der Waals surface area contributed by atoms with Crippen LogP contribution in [-0.2, 0) is 20.5 Å².